The van der Waals surface area contributed by atoms with Crippen LogP contribution in [0.4, 0.5) is 16.5 Å². The fraction of sp³-hybridized carbons (Fsp3) is 0.429. The van der Waals surface area contributed by atoms with E-state index >= 15 is 0 Å². The second-order valence-electron chi connectivity index (χ2n) is 5.47. The summed E-state index contributed by atoms with van der Waals surface area (Å²) in [5, 5.41) is 12.4. The first kappa shape index (κ1) is 17.2. The lowest BCUT2D eigenvalue weighted by Gasteiger charge is -2.25. The highest BCUT2D eigenvalue weighted by molar-refractivity contribution is 7.09. The van der Waals surface area contributed by atoms with Crippen molar-refractivity contribution in [2.45, 2.75) is 13.3 Å². The molecule has 1 aliphatic heterocycles. The van der Waals surface area contributed by atoms with Crippen molar-refractivity contribution in [1.82, 2.24) is 9.36 Å². The van der Waals surface area contributed by atoms with Crippen molar-refractivity contribution in [3.8, 4) is 0 Å². The fourth-order valence-corrected chi connectivity index (χ4v) is 4.15. The predicted octanol–water partition coefficient (Wildman–Crippen LogP) is 3.78. The minimum absolute atomic E-state index is 0.102. The zero-order chi connectivity index (χ0) is 17.3. The highest BCUT2D eigenvalue weighted by Gasteiger charge is 2.23. The Labute approximate surface area is 153 Å². The molecule has 2 heterocycles. The number of anilines is 2. The molecule has 1 fully saturated rings. The number of nitrogens with zero attached hydrogens (tertiary/aromatic N) is 5. The van der Waals surface area contributed by atoms with Gasteiger partial charge in [-0.05, 0) is 13.3 Å². The second kappa shape index (κ2) is 7.08. The summed E-state index contributed by atoms with van der Waals surface area (Å²) in [6.07, 6.45) is 0.905. The Bertz CT molecular complexity index is 746. The largest absolute Gasteiger partial charge is 0.367 e. The average molecular weight is 388 g/mol. The van der Waals surface area contributed by atoms with Crippen LogP contribution in [-0.4, -0.2) is 40.5 Å². The van der Waals surface area contributed by atoms with Gasteiger partial charge in [0.15, 0.2) is 0 Å². The summed E-state index contributed by atoms with van der Waals surface area (Å²) in [4.78, 5) is 19.1. The summed E-state index contributed by atoms with van der Waals surface area (Å²) >= 11 is 13.9. The number of hydrogen-bond acceptors (Lipinski definition) is 7. The molecular weight excluding hydrogens is 373 g/mol. The van der Waals surface area contributed by atoms with Crippen molar-refractivity contribution in [3.05, 3.63) is 38.1 Å². The van der Waals surface area contributed by atoms with Crippen LogP contribution in [-0.2, 0) is 0 Å². The van der Waals surface area contributed by atoms with Crippen molar-refractivity contribution >= 4 is 51.2 Å². The maximum Gasteiger partial charge on any atom is 0.272 e. The monoisotopic (exact) mass is 387 g/mol. The highest BCUT2D eigenvalue weighted by atomic mass is 35.5. The number of aryl methyl sites for hydroxylation is 1. The quantitative estimate of drug-likeness (QED) is 0.589. The first-order valence-corrected chi connectivity index (χ1v) is 8.92. The van der Waals surface area contributed by atoms with Crippen LogP contribution in [0, 0.1) is 17.0 Å². The van der Waals surface area contributed by atoms with Gasteiger partial charge in [-0.1, -0.05) is 23.2 Å². The molecule has 1 aromatic heterocycles. The van der Waals surface area contributed by atoms with E-state index < -0.39 is 4.92 Å². The van der Waals surface area contributed by atoms with E-state index in [0.29, 0.717) is 22.3 Å². The zero-order valence-corrected chi connectivity index (χ0v) is 15.2. The minimum atomic E-state index is -0.497. The molecule has 0 spiro atoms. The summed E-state index contributed by atoms with van der Waals surface area (Å²) in [5.41, 5.74) is 0.550. The molecule has 0 amide bonds. The smallest absolute Gasteiger partial charge is 0.272 e. The first-order valence-electron chi connectivity index (χ1n) is 7.39. The van der Waals surface area contributed by atoms with Crippen LogP contribution in [0.5, 0.6) is 0 Å². The number of aromatic nitrogens is 2. The third kappa shape index (κ3) is 3.55. The van der Waals surface area contributed by atoms with Crippen LogP contribution in [0.15, 0.2) is 12.1 Å². The van der Waals surface area contributed by atoms with E-state index in [-0.39, 0.29) is 5.69 Å². The Morgan fingerprint density at radius 1 is 1.17 bits per heavy atom. The van der Waals surface area contributed by atoms with Crippen LogP contribution in [0.3, 0.4) is 0 Å². The van der Waals surface area contributed by atoms with E-state index in [1.165, 1.54) is 23.7 Å². The normalized spacial score (nSPS) is 15.5. The molecule has 0 N–H and O–H groups in total. The molecule has 1 saturated heterocycles. The Morgan fingerprint density at radius 3 is 2.38 bits per heavy atom. The highest BCUT2D eigenvalue weighted by Crippen LogP contribution is 2.38. The van der Waals surface area contributed by atoms with Gasteiger partial charge in [0.25, 0.3) is 5.69 Å². The lowest BCUT2D eigenvalue weighted by molar-refractivity contribution is -0.384. The van der Waals surface area contributed by atoms with Gasteiger partial charge in [0, 0.05) is 49.8 Å². The van der Waals surface area contributed by atoms with Gasteiger partial charge in [0.05, 0.1) is 20.7 Å². The van der Waals surface area contributed by atoms with E-state index in [9.17, 15) is 10.1 Å². The number of benzene rings is 1. The SMILES string of the molecule is Cc1nsc(N2CCCN(c3c(Cl)cc([N+](=O)[O-])cc3Cl)CC2)n1. The van der Waals surface area contributed by atoms with Gasteiger partial charge in [0.1, 0.15) is 5.82 Å². The van der Waals surface area contributed by atoms with Crippen molar-refractivity contribution in [2.75, 3.05) is 36.0 Å². The van der Waals surface area contributed by atoms with E-state index in [1.54, 1.807) is 0 Å². The molecule has 1 aromatic carbocycles. The molecule has 1 aliphatic rings. The minimum Gasteiger partial charge on any atom is -0.367 e. The molecule has 24 heavy (non-hydrogen) atoms. The summed E-state index contributed by atoms with van der Waals surface area (Å²) in [6.45, 7) is 4.98. The van der Waals surface area contributed by atoms with Gasteiger partial charge in [-0.2, -0.15) is 4.37 Å². The van der Waals surface area contributed by atoms with Crippen LogP contribution in [0.25, 0.3) is 0 Å². The van der Waals surface area contributed by atoms with Crippen LogP contribution in [0.1, 0.15) is 12.2 Å². The Hall–Kier alpha value is -1.64. The number of nitro benzene ring substituents is 1. The lowest BCUT2D eigenvalue weighted by Crippen LogP contribution is -2.31. The Balaban J connectivity index is 1.80. The molecular formula is C14H15Cl2N5O2S. The molecule has 3 rings (SSSR count). The van der Waals surface area contributed by atoms with Gasteiger partial charge in [-0.25, -0.2) is 4.98 Å². The number of rotatable bonds is 3. The Morgan fingerprint density at radius 2 is 1.79 bits per heavy atom. The second-order valence-corrected chi connectivity index (χ2v) is 7.01. The van der Waals surface area contributed by atoms with Crippen molar-refractivity contribution in [2.24, 2.45) is 0 Å². The topological polar surface area (TPSA) is 75.4 Å². The number of hydrogen-bond donors (Lipinski definition) is 0. The zero-order valence-electron chi connectivity index (χ0n) is 12.9. The molecule has 2 aromatic rings. The molecule has 0 aliphatic carbocycles. The van der Waals surface area contributed by atoms with E-state index in [1.807, 2.05) is 6.92 Å². The fourth-order valence-electron chi connectivity index (χ4n) is 2.71. The summed E-state index contributed by atoms with van der Waals surface area (Å²) in [6, 6.07) is 2.69. The maximum absolute atomic E-state index is 10.9. The third-order valence-electron chi connectivity index (χ3n) is 3.81. The number of non-ortho nitro benzene ring substituents is 1. The third-order valence-corrected chi connectivity index (χ3v) is 5.26. The van der Waals surface area contributed by atoms with Crippen molar-refractivity contribution in [3.63, 3.8) is 0 Å². The van der Waals surface area contributed by atoms with E-state index in [2.05, 4.69) is 19.2 Å². The Kier molecular flexibility index (Phi) is 5.07. The molecule has 0 atom stereocenters. The molecule has 128 valence electrons. The average Bonchev–Trinajstić information content (AvgIpc) is 2.81. The van der Waals surface area contributed by atoms with Crippen LogP contribution >= 0.6 is 34.7 Å². The maximum atomic E-state index is 10.9. The molecule has 0 radical (unpaired) electrons. The lowest BCUT2D eigenvalue weighted by atomic mass is 10.2. The van der Waals surface area contributed by atoms with E-state index in [0.717, 1.165) is 37.0 Å². The van der Waals surface area contributed by atoms with Crippen LogP contribution < -0.4 is 9.80 Å². The van der Waals surface area contributed by atoms with Gasteiger partial charge in [-0.15, -0.1) is 0 Å². The number of halogens is 2. The van der Waals surface area contributed by atoms with Crippen molar-refractivity contribution < 1.29 is 4.92 Å². The van der Waals surface area contributed by atoms with Crippen molar-refractivity contribution in [1.29, 1.82) is 0 Å². The predicted molar refractivity (Wildman–Crippen MR) is 96.8 cm³/mol. The first-order chi connectivity index (χ1) is 11.5. The molecule has 0 bridgehead atoms. The van der Waals surface area contributed by atoms with Gasteiger partial charge >= 0.3 is 0 Å². The van der Waals surface area contributed by atoms with Gasteiger partial charge in [-0.3, -0.25) is 10.1 Å². The summed E-state index contributed by atoms with van der Waals surface area (Å²) in [5.74, 6) is 0.776. The summed E-state index contributed by atoms with van der Waals surface area (Å²) in [7, 11) is 0. The van der Waals surface area contributed by atoms with Gasteiger partial charge in [0.2, 0.25) is 5.13 Å². The number of nitro groups is 1. The molecule has 10 heteroatoms. The van der Waals surface area contributed by atoms with Crippen LogP contribution in [0.2, 0.25) is 10.0 Å². The molecule has 0 unspecified atom stereocenters. The summed E-state index contributed by atoms with van der Waals surface area (Å²) < 4.78 is 4.22. The van der Waals surface area contributed by atoms with Gasteiger partial charge < -0.3 is 9.80 Å². The standard InChI is InChI=1S/C14H15Cl2N5O2S/c1-9-17-14(24-18-9)20-4-2-3-19(5-6-20)13-11(15)7-10(21(22)23)8-12(13)16/h7-8H,2-6H2,1H3. The van der Waals surface area contributed by atoms with E-state index in [4.69, 9.17) is 23.2 Å². The molecule has 0 saturated carbocycles. The molecule has 7 nitrogen and oxygen atoms in total.